The summed E-state index contributed by atoms with van der Waals surface area (Å²) in [5.74, 6) is -0.0609. The third kappa shape index (κ3) is 2.28. The Hall–Kier alpha value is -1.67. The van der Waals surface area contributed by atoms with E-state index in [0.717, 1.165) is 12.0 Å². The van der Waals surface area contributed by atoms with E-state index in [1.54, 1.807) is 0 Å². The van der Waals surface area contributed by atoms with Crippen LogP contribution in [0.5, 0.6) is 0 Å². The van der Waals surface area contributed by atoms with Crippen molar-refractivity contribution in [3.05, 3.63) is 59.8 Å². The molecule has 82 valence electrons. The van der Waals surface area contributed by atoms with E-state index in [0.29, 0.717) is 0 Å². The van der Waals surface area contributed by atoms with Gasteiger partial charge in [0.15, 0.2) is 5.78 Å². The molecule has 2 rings (SSSR count). The third-order valence-corrected chi connectivity index (χ3v) is 2.75. The Morgan fingerprint density at radius 1 is 1.31 bits per heavy atom. The molecule has 0 aliphatic heterocycles. The molecule has 0 aromatic rings. The standard InChI is InChI=1S/C14H15NO/c15-10-14(16)13-9-11-6-4-2-1-3-5-7-12(13)8-11/h1-5,7-9,13H,6,10,15H2/b3-1-,4-2-,7-5-. The Labute approximate surface area is 95.5 Å². The zero-order valence-corrected chi connectivity index (χ0v) is 9.10. The van der Waals surface area contributed by atoms with Crippen LogP contribution < -0.4 is 5.73 Å². The van der Waals surface area contributed by atoms with Gasteiger partial charge in [0.1, 0.15) is 0 Å². The van der Waals surface area contributed by atoms with Gasteiger partial charge in [0, 0.05) is 0 Å². The zero-order chi connectivity index (χ0) is 11.4. The summed E-state index contributed by atoms with van der Waals surface area (Å²) < 4.78 is 0. The number of rotatable bonds is 2. The molecule has 1 atom stereocenters. The van der Waals surface area contributed by atoms with Crippen molar-refractivity contribution in [1.29, 1.82) is 0 Å². The minimum atomic E-state index is -0.142. The van der Waals surface area contributed by atoms with Crippen LogP contribution in [0.15, 0.2) is 59.8 Å². The minimum Gasteiger partial charge on any atom is -0.324 e. The first-order valence-electron chi connectivity index (χ1n) is 5.46. The van der Waals surface area contributed by atoms with E-state index in [1.165, 1.54) is 5.57 Å². The highest BCUT2D eigenvalue weighted by Crippen LogP contribution is 2.28. The SMILES string of the molecule is NCC(=O)C1C=C2C=C1\C=C/C=C\C=C/C2. The average molecular weight is 213 g/mol. The smallest absolute Gasteiger partial charge is 0.157 e. The molecule has 2 heteroatoms. The number of Topliss-reactive ketones (excluding diaryl/α,β-unsaturated/α-hetero) is 1. The highest BCUT2D eigenvalue weighted by atomic mass is 16.1. The van der Waals surface area contributed by atoms with Gasteiger partial charge in [-0.3, -0.25) is 4.79 Å². The van der Waals surface area contributed by atoms with Crippen LogP contribution in [-0.4, -0.2) is 12.3 Å². The van der Waals surface area contributed by atoms with Gasteiger partial charge < -0.3 is 5.73 Å². The molecule has 0 spiro atoms. The van der Waals surface area contributed by atoms with Crippen molar-refractivity contribution in [3.63, 3.8) is 0 Å². The molecule has 0 aromatic carbocycles. The maximum Gasteiger partial charge on any atom is 0.157 e. The van der Waals surface area contributed by atoms with Crippen molar-refractivity contribution in [2.24, 2.45) is 11.7 Å². The van der Waals surface area contributed by atoms with Gasteiger partial charge >= 0.3 is 0 Å². The molecule has 16 heavy (non-hydrogen) atoms. The lowest BCUT2D eigenvalue weighted by Gasteiger charge is -2.06. The third-order valence-electron chi connectivity index (χ3n) is 2.75. The van der Waals surface area contributed by atoms with Gasteiger partial charge in [0.05, 0.1) is 12.5 Å². The summed E-state index contributed by atoms with van der Waals surface area (Å²) >= 11 is 0. The average Bonchev–Trinajstić information content (AvgIpc) is 2.69. The first kappa shape index (κ1) is 10.8. The zero-order valence-electron chi connectivity index (χ0n) is 9.10. The molecule has 1 unspecified atom stereocenters. The molecule has 0 radical (unpaired) electrons. The normalized spacial score (nSPS) is 28.9. The summed E-state index contributed by atoms with van der Waals surface area (Å²) in [6, 6.07) is 0. The summed E-state index contributed by atoms with van der Waals surface area (Å²) in [6.45, 7) is 0.102. The second-order valence-electron chi connectivity index (χ2n) is 3.91. The van der Waals surface area contributed by atoms with E-state index in [9.17, 15) is 4.79 Å². The largest absolute Gasteiger partial charge is 0.324 e. The number of hydrogen-bond donors (Lipinski definition) is 1. The van der Waals surface area contributed by atoms with Gasteiger partial charge in [-0.15, -0.1) is 0 Å². The van der Waals surface area contributed by atoms with Crippen molar-refractivity contribution < 1.29 is 4.79 Å². The highest BCUT2D eigenvalue weighted by Gasteiger charge is 2.22. The second-order valence-corrected chi connectivity index (χ2v) is 3.91. The molecular weight excluding hydrogens is 198 g/mol. The molecule has 2 aliphatic carbocycles. The molecule has 0 amide bonds. The van der Waals surface area contributed by atoms with Crippen molar-refractivity contribution in [3.8, 4) is 0 Å². The molecule has 2 N–H and O–H groups in total. The van der Waals surface area contributed by atoms with Crippen LogP contribution in [0, 0.1) is 5.92 Å². The van der Waals surface area contributed by atoms with E-state index >= 15 is 0 Å². The van der Waals surface area contributed by atoms with Crippen LogP contribution in [0.3, 0.4) is 0 Å². The van der Waals surface area contributed by atoms with Gasteiger partial charge in [-0.1, -0.05) is 48.6 Å². The summed E-state index contributed by atoms with van der Waals surface area (Å²) in [6.07, 6.45) is 17.0. The van der Waals surface area contributed by atoms with Gasteiger partial charge in [-0.05, 0) is 17.6 Å². The molecule has 0 fully saturated rings. The predicted octanol–water partition coefficient (Wildman–Crippen LogP) is 2.07. The molecule has 0 saturated carbocycles. The molecular formula is C14H15NO. The quantitative estimate of drug-likeness (QED) is 0.763. The van der Waals surface area contributed by atoms with Crippen LogP contribution >= 0.6 is 0 Å². The Balaban J connectivity index is 2.30. The Morgan fingerprint density at radius 2 is 2.12 bits per heavy atom. The highest BCUT2D eigenvalue weighted by molar-refractivity contribution is 5.89. The Kier molecular flexibility index (Phi) is 3.32. The van der Waals surface area contributed by atoms with Crippen molar-refractivity contribution >= 4 is 5.78 Å². The van der Waals surface area contributed by atoms with E-state index in [-0.39, 0.29) is 18.2 Å². The van der Waals surface area contributed by atoms with Crippen LogP contribution in [0.4, 0.5) is 0 Å². The minimum absolute atomic E-state index is 0.0816. The summed E-state index contributed by atoms with van der Waals surface area (Å²) in [7, 11) is 0. The first-order valence-corrected chi connectivity index (χ1v) is 5.46. The molecule has 0 heterocycles. The van der Waals surface area contributed by atoms with Gasteiger partial charge in [0.2, 0.25) is 0 Å². The van der Waals surface area contributed by atoms with Crippen molar-refractivity contribution in [2.45, 2.75) is 6.42 Å². The van der Waals surface area contributed by atoms with Crippen molar-refractivity contribution in [1.82, 2.24) is 0 Å². The maximum atomic E-state index is 11.7. The lowest BCUT2D eigenvalue weighted by atomic mass is 9.97. The number of allylic oxidation sites excluding steroid dienone is 10. The number of hydrogen-bond acceptors (Lipinski definition) is 2. The van der Waals surface area contributed by atoms with E-state index < -0.39 is 0 Å². The monoisotopic (exact) mass is 213 g/mol. The summed E-state index contributed by atoms with van der Waals surface area (Å²) in [5, 5.41) is 0. The number of nitrogens with two attached hydrogens (primary N) is 1. The molecule has 2 aliphatic rings. The van der Waals surface area contributed by atoms with E-state index in [1.807, 2.05) is 36.5 Å². The number of carbonyl (C=O) groups excluding carboxylic acids is 1. The van der Waals surface area contributed by atoms with Crippen LogP contribution in [0.1, 0.15) is 6.42 Å². The molecule has 0 saturated heterocycles. The van der Waals surface area contributed by atoms with Gasteiger partial charge in [-0.2, -0.15) is 0 Å². The Bertz CT molecular complexity index is 436. The predicted molar refractivity (Wildman–Crippen MR) is 65.8 cm³/mol. The number of carbonyl (C=O) groups is 1. The van der Waals surface area contributed by atoms with Crippen LogP contribution in [0.25, 0.3) is 0 Å². The first-order chi connectivity index (χ1) is 7.81. The van der Waals surface area contributed by atoms with Crippen LogP contribution in [-0.2, 0) is 4.79 Å². The fraction of sp³-hybridized carbons (Fsp3) is 0.214. The van der Waals surface area contributed by atoms with Crippen molar-refractivity contribution in [2.75, 3.05) is 6.54 Å². The van der Waals surface area contributed by atoms with Gasteiger partial charge in [0.25, 0.3) is 0 Å². The topological polar surface area (TPSA) is 43.1 Å². The summed E-state index contributed by atoms with van der Waals surface area (Å²) in [4.78, 5) is 11.7. The Morgan fingerprint density at radius 3 is 2.94 bits per heavy atom. The fourth-order valence-corrected chi connectivity index (χ4v) is 1.92. The molecule has 2 nitrogen and oxygen atoms in total. The molecule has 2 bridgehead atoms. The van der Waals surface area contributed by atoms with Gasteiger partial charge in [-0.25, -0.2) is 0 Å². The summed E-state index contributed by atoms with van der Waals surface area (Å²) in [5.41, 5.74) is 7.66. The van der Waals surface area contributed by atoms with Crippen LogP contribution in [0.2, 0.25) is 0 Å². The lowest BCUT2D eigenvalue weighted by molar-refractivity contribution is -0.119. The maximum absolute atomic E-state index is 11.7. The lowest BCUT2D eigenvalue weighted by Crippen LogP contribution is -2.21. The fourth-order valence-electron chi connectivity index (χ4n) is 1.92. The van der Waals surface area contributed by atoms with E-state index in [2.05, 4.69) is 12.2 Å². The molecule has 0 aromatic heterocycles. The number of fused-ring (bicyclic) bond motifs is 1. The second kappa shape index (κ2) is 4.90. The van der Waals surface area contributed by atoms with E-state index in [4.69, 9.17) is 5.73 Å². The number of ketones is 1.